The van der Waals surface area contributed by atoms with Crippen LogP contribution in [0.15, 0.2) is 30.6 Å². The van der Waals surface area contributed by atoms with E-state index < -0.39 is 21.6 Å². The minimum absolute atomic E-state index is 0.0626. The third-order valence-electron chi connectivity index (χ3n) is 3.74. The number of rotatable bonds is 10. The molecular weight excluding hydrogens is 401 g/mol. The molecule has 9 nitrogen and oxygen atoms in total. The molecule has 0 aliphatic rings. The lowest BCUT2D eigenvalue weighted by Gasteiger charge is -2.10. The van der Waals surface area contributed by atoms with E-state index in [1.54, 1.807) is 12.1 Å². The molecule has 0 fully saturated rings. The first-order chi connectivity index (χ1) is 13.7. The quantitative estimate of drug-likeness (QED) is 0.225. The lowest BCUT2D eigenvalue weighted by atomic mass is 10.1. The molecule has 0 atom stereocenters. The molecule has 0 saturated heterocycles. The summed E-state index contributed by atoms with van der Waals surface area (Å²) in [6, 6.07) is 4.65. The van der Waals surface area contributed by atoms with Crippen molar-refractivity contribution >= 4 is 27.6 Å². The molecule has 1 heterocycles. The summed E-state index contributed by atoms with van der Waals surface area (Å²) in [5, 5.41) is 9.96. The fourth-order valence-electron chi connectivity index (χ4n) is 2.37. The zero-order valence-electron chi connectivity index (χ0n) is 15.8. The number of nitrogens with one attached hydrogen (secondary N) is 2. The molecular formula is C18H22FN5O4S. The number of hydrogen-bond acceptors (Lipinski definition) is 8. The molecule has 0 unspecified atom stereocenters. The number of ether oxygens (including phenoxy) is 1. The third kappa shape index (κ3) is 7.45. The van der Waals surface area contributed by atoms with Gasteiger partial charge < -0.3 is 15.8 Å². The molecule has 0 radical (unpaired) electrons. The number of halogens is 1. The van der Waals surface area contributed by atoms with Gasteiger partial charge in [0.15, 0.2) is 0 Å². The first kappa shape index (κ1) is 22.2. The van der Waals surface area contributed by atoms with Gasteiger partial charge in [-0.15, -0.1) is 0 Å². The topological polar surface area (TPSA) is 148 Å². The van der Waals surface area contributed by atoms with E-state index in [0.29, 0.717) is 24.5 Å². The van der Waals surface area contributed by atoms with Crippen LogP contribution in [0, 0.1) is 11.2 Å². The minimum atomic E-state index is -3.02. The monoisotopic (exact) mass is 423 g/mol. The van der Waals surface area contributed by atoms with Crippen molar-refractivity contribution in [3.05, 3.63) is 42.0 Å². The van der Waals surface area contributed by atoms with Crippen LogP contribution >= 0.6 is 0 Å². The van der Waals surface area contributed by atoms with Gasteiger partial charge >= 0.3 is 5.97 Å². The molecule has 2 aromatic rings. The van der Waals surface area contributed by atoms with Gasteiger partial charge in [0.2, 0.25) is 5.95 Å². The van der Waals surface area contributed by atoms with E-state index in [-0.39, 0.29) is 35.7 Å². The van der Waals surface area contributed by atoms with Crippen molar-refractivity contribution < 1.29 is 22.3 Å². The van der Waals surface area contributed by atoms with Crippen molar-refractivity contribution in [2.45, 2.75) is 19.4 Å². The lowest BCUT2D eigenvalue weighted by molar-refractivity contribution is -0.143. The number of hydrogen-bond donors (Lipinski definition) is 3. The Kier molecular flexibility index (Phi) is 7.59. The standard InChI is InChI=1S/C18H22FN5O4S/c1-29(26,27)7-3-6-22-18-23-9-13(10-24-18)14-5-2-4-12(17(14)19)11-28-16(25)8-15(20)21/h2,4-5,9-10H,3,6-8,11H2,1H3,(H3,20,21)(H,22,23,24). The number of sulfone groups is 1. The van der Waals surface area contributed by atoms with Gasteiger partial charge in [-0.05, 0) is 6.42 Å². The van der Waals surface area contributed by atoms with E-state index in [0.717, 1.165) is 0 Å². The number of nitrogens with two attached hydrogens (primary N) is 1. The number of esters is 1. The molecule has 0 aliphatic carbocycles. The van der Waals surface area contributed by atoms with Crippen LogP contribution in [0.2, 0.25) is 0 Å². The highest BCUT2D eigenvalue weighted by Gasteiger charge is 2.13. The van der Waals surface area contributed by atoms with E-state index >= 15 is 0 Å². The molecule has 29 heavy (non-hydrogen) atoms. The molecule has 4 N–H and O–H groups in total. The van der Waals surface area contributed by atoms with Gasteiger partial charge in [-0.2, -0.15) is 0 Å². The van der Waals surface area contributed by atoms with Crippen molar-refractivity contribution in [1.29, 1.82) is 5.41 Å². The molecule has 0 bridgehead atoms. The van der Waals surface area contributed by atoms with Gasteiger partial charge in [0.25, 0.3) is 0 Å². The number of anilines is 1. The summed E-state index contributed by atoms with van der Waals surface area (Å²) < 4.78 is 41.9. The van der Waals surface area contributed by atoms with E-state index in [2.05, 4.69) is 15.3 Å². The number of nitrogens with zero attached hydrogens (tertiary/aromatic N) is 2. The van der Waals surface area contributed by atoms with E-state index in [1.165, 1.54) is 24.7 Å². The zero-order valence-corrected chi connectivity index (χ0v) is 16.6. The Morgan fingerprint density at radius 1 is 1.31 bits per heavy atom. The summed E-state index contributed by atoms with van der Waals surface area (Å²) in [4.78, 5) is 19.7. The molecule has 0 saturated carbocycles. The molecule has 0 spiro atoms. The van der Waals surface area contributed by atoms with Crippen LogP contribution in [0.5, 0.6) is 0 Å². The number of aromatic nitrogens is 2. The van der Waals surface area contributed by atoms with Crippen LogP contribution in [0.1, 0.15) is 18.4 Å². The number of amidine groups is 1. The fourth-order valence-corrected chi connectivity index (χ4v) is 3.04. The predicted molar refractivity (Wildman–Crippen MR) is 107 cm³/mol. The molecule has 2 rings (SSSR count). The highest BCUT2D eigenvalue weighted by molar-refractivity contribution is 7.90. The first-order valence-corrected chi connectivity index (χ1v) is 10.7. The van der Waals surface area contributed by atoms with Crippen LogP contribution in [0.25, 0.3) is 11.1 Å². The summed E-state index contributed by atoms with van der Waals surface area (Å²) in [5.74, 6) is -1.24. The predicted octanol–water partition coefficient (Wildman–Crippen LogP) is 1.50. The van der Waals surface area contributed by atoms with Crippen molar-refractivity contribution in [2.75, 3.05) is 23.9 Å². The lowest BCUT2D eigenvalue weighted by Crippen LogP contribution is -2.17. The number of benzene rings is 1. The van der Waals surface area contributed by atoms with Crippen LogP contribution in [-0.2, 0) is 26.0 Å². The average molecular weight is 423 g/mol. The van der Waals surface area contributed by atoms with E-state index in [4.69, 9.17) is 15.9 Å². The Bertz CT molecular complexity index is 980. The highest BCUT2D eigenvalue weighted by Crippen LogP contribution is 2.25. The van der Waals surface area contributed by atoms with Crippen LogP contribution in [-0.4, -0.2) is 48.7 Å². The van der Waals surface area contributed by atoms with Crippen LogP contribution < -0.4 is 11.1 Å². The minimum Gasteiger partial charge on any atom is -0.460 e. The van der Waals surface area contributed by atoms with Crippen LogP contribution in [0.4, 0.5) is 10.3 Å². The second kappa shape index (κ2) is 9.92. The van der Waals surface area contributed by atoms with Gasteiger partial charge in [0.1, 0.15) is 34.5 Å². The Balaban J connectivity index is 2.01. The highest BCUT2D eigenvalue weighted by atomic mass is 32.2. The molecule has 1 aromatic carbocycles. The maximum absolute atomic E-state index is 14.7. The van der Waals surface area contributed by atoms with Gasteiger partial charge in [0.05, 0.1) is 5.75 Å². The van der Waals surface area contributed by atoms with Gasteiger partial charge in [-0.1, -0.05) is 18.2 Å². The molecule has 0 amide bonds. The Labute approximate surface area is 167 Å². The number of carbonyl (C=O) groups excluding carboxylic acids is 1. The third-order valence-corrected chi connectivity index (χ3v) is 4.77. The zero-order chi connectivity index (χ0) is 21.4. The van der Waals surface area contributed by atoms with Gasteiger partial charge in [-0.25, -0.2) is 22.8 Å². The van der Waals surface area contributed by atoms with Crippen molar-refractivity contribution in [1.82, 2.24) is 9.97 Å². The number of carbonyl (C=O) groups is 1. The second-order valence-electron chi connectivity index (χ2n) is 6.35. The summed E-state index contributed by atoms with van der Waals surface area (Å²) in [6.45, 7) is 0.106. The second-order valence-corrected chi connectivity index (χ2v) is 8.61. The van der Waals surface area contributed by atoms with E-state index in [9.17, 15) is 17.6 Å². The fraction of sp³-hybridized carbons (Fsp3) is 0.333. The molecule has 0 aliphatic heterocycles. The molecule has 1 aromatic heterocycles. The summed E-state index contributed by atoms with van der Waals surface area (Å²) in [5.41, 5.74) is 5.97. The largest absolute Gasteiger partial charge is 0.460 e. The summed E-state index contributed by atoms with van der Waals surface area (Å²) in [7, 11) is -3.02. The SMILES string of the molecule is CS(=O)(=O)CCCNc1ncc(-c2cccc(COC(=O)CC(=N)N)c2F)cn1. The van der Waals surface area contributed by atoms with E-state index in [1.807, 2.05) is 0 Å². The molecule has 156 valence electrons. The maximum atomic E-state index is 14.7. The normalized spacial score (nSPS) is 11.1. The Morgan fingerprint density at radius 3 is 2.62 bits per heavy atom. The Hall–Kier alpha value is -3.08. The van der Waals surface area contributed by atoms with Crippen LogP contribution in [0.3, 0.4) is 0 Å². The summed E-state index contributed by atoms with van der Waals surface area (Å²) in [6.07, 6.45) is 4.12. The van der Waals surface area contributed by atoms with Crippen molar-refractivity contribution in [2.24, 2.45) is 5.73 Å². The maximum Gasteiger partial charge on any atom is 0.313 e. The smallest absolute Gasteiger partial charge is 0.313 e. The van der Waals surface area contributed by atoms with Gasteiger partial charge in [0, 0.05) is 41.9 Å². The van der Waals surface area contributed by atoms with Gasteiger partial charge in [-0.3, -0.25) is 10.2 Å². The first-order valence-electron chi connectivity index (χ1n) is 8.65. The summed E-state index contributed by atoms with van der Waals surface area (Å²) >= 11 is 0. The van der Waals surface area contributed by atoms with Crippen molar-refractivity contribution in [3.8, 4) is 11.1 Å². The van der Waals surface area contributed by atoms with Crippen molar-refractivity contribution in [3.63, 3.8) is 0 Å². The Morgan fingerprint density at radius 2 is 2.00 bits per heavy atom. The molecule has 11 heteroatoms. The average Bonchev–Trinajstić information content (AvgIpc) is 2.64.